The maximum Gasteiger partial charge on any atom is 0.345 e. The first-order valence-electron chi connectivity index (χ1n) is 6.29. The monoisotopic (exact) mass is 282 g/mol. The molecule has 0 aliphatic carbocycles. The van der Waals surface area contributed by atoms with Crippen LogP contribution in [0, 0.1) is 0 Å². The van der Waals surface area contributed by atoms with Gasteiger partial charge in [0.2, 0.25) is 0 Å². The maximum absolute atomic E-state index is 11.7. The highest BCUT2D eigenvalue weighted by molar-refractivity contribution is 5.82. The summed E-state index contributed by atoms with van der Waals surface area (Å²) in [6, 6.07) is 6.98. The largest absolute Gasteiger partial charge is 0.422 e. The quantitative estimate of drug-likeness (QED) is 0.265. The van der Waals surface area contributed by atoms with Gasteiger partial charge in [-0.25, -0.2) is 4.79 Å². The Morgan fingerprint density at radius 1 is 1.29 bits per heavy atom. The highest BCUT2D eigenvalue weighted by Crippen LogP contribution is 2.23. The van der Waals surface area contributed by atoms with Gasteiger partial charge in [-0.3, -0.25) is 0 Å². The number of benzene rings is 1. The lowest BCUT2D eigenvalue weighted by atomic mass is 10.2. The molecular weight excluding hydrogens is 268 g/mol. The number of azide groups is 1. The number of fused-ring (bicyclic) bond motifs is 1. The SMILES string of the molecule is C=CCN(CC=C)c1ccc2cc(N=[N+]=[N-])c(=O)oc2c1. The van der Waals surface area contributed by atoms with Crippen molar-refractivity contribution < 1.29 is 4.42 Å². The van der Waals surface area contributed by atoms with Crippen molar-refractivity contribution in [3.8, 4) is 0 Å². The van der Waals surface area contributed by atoms with Gasteiger partial charge in [0.05, 0.1) is 0 Å². The molecule has 0 atom stereocenters. The molecule has 0 fully saturated rings. The fourth-order valence-corrected chi connectivity index (χ4v) is 2.00. The molecule has 0 N–H and O–H groups in total. The molecule has 21 heavy (non-hydrogen) atoms. The number of nitrogens with zero attached hydrogens (tertiary/aromatic N) is 4. The topological polar surface area (TPSA) is 82.2 Å². The number of hydrogen-bond acceptors (Lipinski definition) is 4. The Labute approximate surface area is 121 Å². The van der Waals surface area contributed by atoms with Crippen molar-refractivity contribution in [1.29, 1.82) is 0 Å². The van der Waals surface area contributed by atoms with E-state index in [2.05, 4.69) is 23.2 Å². The van der Waals surface area contributed by atoms with Crippen LogP contribution in [0.3, 0.4) is 0 Å². The predicted molar refractivity (Wildman–Crippen MR) is 83.9 cm³/mol. The Morgan fingerprint density at radius 3 is 2.62 bits per heavy atom. The molecule has 0 aliphatic heterocycles. The number of hydrogen-bond donors (Lipinski definition) is 0. The molecule has 0 unspecified atom stereocenters. The second-order valence-corrected chi connectivity index (χ2v) is 4.31. The van der Waals surface area contributed by atoms with Gasteiger partial charge in [0.1, 0.15) is 11.3 Å². The zero-order valence-corrected chi connectivity index (χ0v) is 11.4. The summed E-state index contributed by atoms with van der Waals surface area (Å²) in [6.45, 7) is 8.74. The molecule has 0 bridgehead atoms. The van der Waals surface area contributed by atoms with E-state index in [4.69, 9.17) is 9.95 Å². The minimum absolute atomic E-state index is 0.0493. The van der Waals surface area contributed by atoms with Gasteiger partial charge >= 0.3 is 5.63 Å². The van der Waals surface area contributed by atoms with Crippen LogP contribution in [0.1, 0.15) is 0 Å². The molecule has 0 saturated carbocycles. The van der Waals surface area contributed by atoms with Crippen LogP contribution in [-0.4, -0.2) is 13.1 Å². The third-order valence-electron chi connectivity index (χ3n) is 2.92. The van der Waals surface area contributed by atoms with Crippen LogP contribution in [0.2, 0.25) is 0 Å². The van der Waals surface area contributed by atoms with Crippen LogP contribution in [0.25, 0.3) is 21.4 Å². The predicted octanol–water partition coefficient (Wildman–Crippen LogP) is 3.91. The van der Waals surface area contributed by atoms with Crippen molar-refractivity contribution in [2.75, 3.05) is 18.0 Å². The van der Waals surface area contributed by atoms with Crippen LogP contribution < -0.4 is 10.5 Å². The third-order valence-corrected chi connectivity index (χ3v) is 2.92. The number of rotatable bonds is 6. The van der Waals surface area contributed by atoms with E-state index in [9.17, 15) is 4.79 Å². The van der Waals surface area contributed by atoms with Crippen molar-refractivity contribution in [1.82, 2.24) is 0 Å². The molecule has 0 aliphatic rings. The summed E-state index contributed by atoms with van der Waals surface area (Å²) in [6.07, 6.45) is 3.57. The fraction of sp³-hybridized carbons (Fsp3) is 0.133. The molecule has 2 aromatic rings. The van der Waals surface area contributed by atoms with Gasteiger partial charge in [-0.2, -0.15) is 0 Å². The smallest absolute Gasteiger partial charge is 0.345 e. The molecular formula is C15H14N4O2. The van der Waals surface area contributed by atoms with Crippen molar-refractivity contribution in [3.63, 3.8) is 0 Å². The highest BCUT2D eigenvalue weighted by atomic mass is 16.4. The molecule has 1 heterocycles. The standard InChI is InChI=1S/C15H14N4O2/c1-3-7-19(8-4-2)12-6-5-11-9-13(17-18-16)15(20)21-14(11)10-12/h3-6,9-10H,1-2,7-8H2. The molecule has 6 heteroatoms. The minimum Gasteiger partial charge on any atom is -0.422 e. The Bertz CT molecular complexity index is 778. The normalized spacial score (nSPS) is 9.90. The third kappa shape index (κ3) is 3.13. The van der Waals surface area contributed by atoms with Gasteiger partial charge in [-0.05, 0) is 23.7 Å². The molecule has 6 nitrogen and oxygen atoms in total. The van der Waals surface area contributed by atoms with Crippen molar-refractivity contribution in [2.45, 2.75) is 0 Å². The van der Waals surface area contributed by atoms with Crippen LogP contribution in [0.5, 0.6) is 0 Å². The van der Waals surface area contributed by atoms with E-state index in [1.807, 2.05) is 17.0 Å². The summed E-state index contributed by atoms with van der Waals surface area (Å²) in [5.41, 5.74) is 9.03. The van der Waals surface area contributed by atoms with Gasteiger partial charge < -0.3 is 9.32 Å². The first kappa shape index (κ1) is 14.4. The molecule has 106 valence electrons. The van der Waals surface area contributed by atoms with E-state index in [0.717, 1.165) is 5.69 Å². The van der Waals surface area contributed by atoms with Gasteiger partial charge in [-0.15, -0.1) is 13.2 Å². The van der Waals surface area contributed by atoms with Crippen molar-refractivity contribution >= 4 is 22.3 Å². The van der Waals surface area contributed by atoms with E-state index >= 15 is 0 Å². The molecule has 1 aromatic carbocycles. The van der Waals surface area contributed by atoms with Gasteiger partial charge in [0, 0.05) is 35.1 Å². The highest BCUT2D eigenvalue weighted by Gasteiger charge is 2.08. The Kier molecular flexibility index (Phi) is 4.43. The molecule has 1 aromatic heterocycles. The van der Waals surface area contributed by atoms with Crippen molar-refractivity contribution in [3.05, 3.63) is 70.4 Å². The molecule has 0 amide bonds. The zero-order chi connectivity index (χ0) is 15.2. The summed E-state index contributed by atoms with van der Waals surface area (Å²) in [5, 5.41) is 4.00. The first-order valence-corrected chi connectivity index (χ1v) is 6.29. The van der Waals surface area contributed by atoms with E-state index < -0.39 is 5.63 Å². The van der Waals surface area contributed by atoms with Crippen molar-refractivity contribution in [2.24, 2.45) is 5.11 Å². The Hall–Kier alpha value is -2.98. The molecule has 2 rings (SSSR count). The van der Waals surface area contributed by atoms with E-state index in [1.165, 1.54) is 6.07 Å². The maximum atomic E-state index is 11.7. The lowest BCUT2D eigenvalue weighted by Gasteiger charge is -2.21. The minimum atomic E-state index is -0.656. The van der Waals surface area contributed by atoms with E-state index in [0.29, 0.717) is 24.1 Å². The fourth-order valence-electron chi connectivity index (χ4n) is 2.00. The van der Waals surface area contributed by atoms with Gasteiger partial charge in [-0.1, -0.05) is 17.3 Å². The van der Waals surface area contributed by atoms with E-state index in [-0.39, 0.29) is 5.69 Å². The second-order valence-electron chi connectivity index (χ2n) is 4.31. The van der Waals surface area contributed by atoms with Gasteiger partial charge in [0.25, 0.3) is 0 Å². The van der Waals surface area contributed by atoms with Gasteiger partial charge in [0.15, 0.2) is 0 Å². The molecule has 0 saturated heterocycles. The summed E-state index contributed by atoms with van der Waals surface area (Å²) in [4.78, 5) is 16.3. The Morgan fingerprint density at radius 2 is 2.00 bits per heavy atom. The zero-order valence-electron chi connectivity index (χ0n) is 11.4. The van der Waals surface area contributed by atoms with Crippen LogP contribution in [-0.2, 0) is 0 Å². The summed E-state index contributed by atoms with van der Waals surface area (Å²) >= 11 is 0. The summed E-state index contributed by atoms with van der Waals surface area (Å²) < 4.78 is 5.19. The lowest BCUT2D eigenvalue weighted by molar-refractivity contribution is 0.562. The van der Waals surface area contributed by atoms with E-state index in [1.54, 1.807) is 18.2 Å². The first-order chi connectivity index (χ1) is 10.2. The molecule has 0 radical (unpaired) electrons. The number of anilines is 1. The summed E-state index contributed by atoms with van der Waals surface area (Å²) in [5.74, 6) is 0. The summed E-state index contributed by atoms with van der Waals surface area (Å²) in [7, 11) is 0. The lowest BCUT2D eigenvalue weighted by Crippen LogP contribution is -2.22. The van der Waals surface area contributed by atoms with Crippen LogP contribution in [0.15, 0.2) is 63.9 Å². The second kappa shape index (κ2) is 6.45. The van der Waals surface area contributed by atoms with Crippen LogP contribution >= 0.6 is 0 Å². The molecule has 0 spiro atoms. The Balaban J connectivity index is 2.53. The average Bonchev–Trinajstić information content (AvgIpc) is 2.47. The van der Waals surface area contributed by atoms with Crippen LogP contribution in [0.4, 0.5) is 11.4 Å². The average molecular weight is 282 g/mol.